The molecule has 0 fully saturated rings. The zero-order valence-corrected chi connectivity index (χ0v) is 12.1. The molecule has 1 rings (SSSR count). The van der Waals surface area contributed by atoms with Gasteiger partial charge in [0.05, 0.1) is 13.2 Å². The number of hydrogen-bond donors (Lipinski definition) is 1. The second-order valence-electron chi connectivity index (χ2n) is 4.59. The van der Waals surface area contributed by atoms with Gasteiger partial charge < -0.3 is 19.9 Å². The van der Waals surface area contributed by atoms with Crippen LogP contribution in [0.1, 0.15) is 25.8 Å². The van der Waals surface area contributed by atoms with Gasteiger partial charge in [-0.25, -0.2) is 0 Å². The SMILES string of the molecule is CCOc1cc(CC(C)N)ccc1OCCCOC. The summed E-state index contributed by atoms with van der Waals surface area (Å²) in [4.78, 5) is 0. The largest absolute Gasteiger partial charge is 0.490 e. The van der Waals surface area contributed by atoms with E-state index < -0.39 is 0 Å². The van der Waals surface area contributed by atoms with Crippen molar-refractivity contribution in [3.63, 3.8) is 0 Å². The van der Waals surface area contributed by atoms with Gasteiger partial charge in [0.1, 0.15) is 0 Å². The van der Waals surface area contributed by atoms with Crippen molar-refractivity contribution in [2.75, 3.05) is 26.9 Å². The first kappa shape index (κ1) is 15.8. The number of benzene rings is 1. The molecule has 1 atom stereocenters. The van der Waals surface area contributed by atoms with Gasteiger partial charge in [-0.2, -0.15) is 0 Å². The third-order valence-electron chi connectivity index (χ3n) is 2.62. The average molecular weight is 267 g/mol. The third kappa shape index (κ3) is 5.94. The molecule has 0 aliphatic carbocycles. The molecule has 4 heteroatoms. The highest BCUT2D eigenvalue weighted by molar-refractivity contribution is 5.43. The van der Waals surface area contributed by atoms with Gasteiger partial charge in [-0.3, -0.25) is 0 Å². The topological polar surface area (TPSA) is 53.7 Å². The fourth-order valence-electron chi connectivity index (χ4n) is 1.82. The fourth-order valence-corrected chi connectivity index (χ4v) is 1.82. The van der Waals surface area contributed by atoms with Crippen molar-refractivity contribution < 1.29 is 14.2 Å². The van der Waals surface area contributed by atoms with Crippen molar-refractivity contribution in [3.05, 3.63) is 23.8 Å². The van der Waals surface area contributed by atoms with Crippen LogP contribution in [0.5, 0.6) is 11.5 Å². The Balaban J connectivity index is 2.67. The van der Waals surface area contributed by atoms with Crippen molar-refractivity contribution in [1.82, 2.24) is 0 Å². The van der Waals surface area contributed by atoms with Crippen molar-refractivity contribution in [2.24, 2.45) is 5.73 Å². The van der Waals surface area contributed by atoms with Crippen LogP contribution in [0, 0.1) is 0 Å². The van der Waals surface area contributed by atoms with E-state index in [9.17, 15) is 0 Å². The molecule has 0 amide bonds. The molecule has 0 heterocycles. The Morgan fingerprint density at radius 1 is 1.16 bits per heavy atom. The summed E-state index contributed by atoms with van der Waals surface area (Å²) in [6.45, 7) is 5.91. The lowest BCUT2D eigenvalue weighted by molar-refractivity contribution is 0.170. The number of nitrogens with two attached hydrogens (primary N) is 1. The summed E-state index contributed by atoms with van der Waals surface area (Å²) >= 11 is 0. The zero-order chi connectivity index (χ0) is 14.1. The van der Waals surface area contributed by atoms with Crippen LogP contribution in [0.3, 0.4) is 0 Å². The molecule has 0 saturated carbocycles. The molecular weight excluding hydrogens is 242 g/mol. The minimum Gasteiger partial charge on any atom is -0.490 e. The monoisotopic (exact) mass is 267 g/mol. The molecule has 1 unspecified atom stereocenters. The molecular formula is C15H25NO3. The van der Waals surface area contributed by atoms with Crippen LogP contribution in [-0.4, -0.2) is 33.0 Å². The number of methoxy groups -OCH3 is 1. The van der Waals surface area contributed by atoms with Crippen LogP contribution in [0.4, 0.5) is 0 Å². The summed E-state index contributed by atoms with van der Waals surface area (Å²) in [5.74, 6) is 1.57. The predicted molar refractivity (Wildman–Crippen MR) is 77.0 cm³/mol. The molecule has 0 radical (unpaired) electrons. The molecule has 4 nitrogen and oxygen atoms in total. The van der Waals surface area contributed by atoms with Crippen LogP contribution in [0.25, 0.3) is 0 Å². The van der Waals surface area contributed by atoms with Gasteiger partial charge in [0.25, 0.3) is 0 Å². The smallest absolute Gasteiger partial charge is 0.161 e. The van der Waals surface area contributed by atoms with Gasteiger partial charge in [0.15, 0.2) is 11.5 Å². The summed E-state index contributed by atoms with van der Waals surface area (Å²) in [7, 11) is 1.69. The summed E-state index contributed by atoms with van der Waals surface area (Å²) in [6.07, 6.45) is 1.70. The van der Waals surface area contributed by atoms with E-state index in [1.54, 1.807) is 7.11 Å². The zero-order valence-electron chi connectivity index (χ0n) is 12.1. The van der Waals surface area contributed by atoms with Crippen molar-refractivity contribution >= 4 is 0 Å². The highest BCUT2D eigenvalue weighted by Gasteiger charge is 2.07. The molecule has 0 spiro atoms. The van der Waals surface area contributed by atoms with Gasteiger partial charge in [0.2, 0.25) is 0 Å². The lowest BCUT2D eigenvalue weighted by Crippen LogP contribution is -2.17. The van der Waals surface area contributed by atoms with Gasteiger partial charge in [0, 0.05) is 26.2 Å². The van der Waals surface area contributed by atoms with Gasteiger partial charge in [-0.05, 0) is 38.0 Å². The van der Waals surface area contributed by atoms with Crippen molar-refractivity contribution in [1.29, 1.82) is 0 Å². The maximum atomic E-state index is 5.81. The van der Waals surface area contributed by atoms with Crippen LogP contribution in [-0.2, 0) is 11.2 Å². The van der Waals surface area contributed by atoms with E-state index in [-0.39, 0.29) is 6.04 Å². The number of ether oxygens (including phenoxy) is 3. The number of hydrogen-bond acceptors (Lipinski definition) is 4. The Hall–Kier alpha value is -1.26. The second-order valence-corrected chi connectivity index (χ2v) is 4.59. The Labute approximate surface area is 115 Å². The molecule has 1 aromatic carbocycles. The van der Waals surface area contributed by atoms with Gasteiger partial charge in [-0.15, -0.1) is 0 Å². The molecule has 2 N–H and O–H groups in total. The number of rotatable bonds is 9. The molecule has 1 aromatic rings. The quantitative estimate of drug-likeness (QED) is 0.698. The van der Waals surface area contributed by atoms with E-state index in [0.717, 1.165) is 24.3 Å². The lowest BCUT2D eigenvalue weighted by Gasteiger charge is -2.14. The molecule has 108 valence electrons. The normalized spacial score (nSPS) is 12.2. The third-order valence-corrected chi connectivity index (χ3v) is 2.62. The first-order valence-electron chi connectivity index (χ1n) is 6.80. The highest BCUT2D eigenvalue weighted by atomic mass is 16.5. The fraction of sp³-hybridized carbons (Fsp3) is 0.600. The van der Waals surface area contributed by atoms with E-state index in [1.807, 2.05) is 32.0 Å². The van der Waals surface area contributed by atoms with E-state index >= 15 is 0 Å². The summed E-state index contributed by atoms with van der Waals surface area (Å²) in [5.41, 5.74) is 6.98. The van der Waals surface area contributed by atoms with Gasteiger partial charge in [-0.1, -0.05) is 6.07 Å². The van der Waals surface area contributed by atoms with Crippen LogP contribution < -0.4 is 15.2 Å². The molecule has 0 aromatic heterocycles. The maximum Gasteiger partial charge on any atom is 0.161 e. The Morgan fingerprint density at radius 3 is 2.58 bits per heavy atom. The van der Waals surface area contributed by atoms with E-state index in [0.29, 0.717) is 19.8 Å². The summed E-state index contributed by atoms with van der Waals surface area (Å²) < 4.78 is 16.3. The van der Waals surface area contributed by atoms with Crippen LogP contribution in [0.2, 0.25) is 0 Å². The minimum atomic E-state index is 0.142. The molecule has 0 aliphatic heterocycles. The van der Waals surface area contributed by atoms with Gasteiger partial charge >= 0.3 is 0 Å². The highest BCUT2D eigenvalue weighted by Crippen LogP contribution is 2.29. The van der Waals surface area contributed by atoms with E-state index in [1.165, 1.54) is 5.56 Å². The Morgan fingerprint density at radius 2 is 1.95 bits per heavy atom. The van der Waals surface area contributed by atoms with E-state index in [2.05, 4.69) is 0 Å². The minimum absolute atomic E-state index is 0.142. The van der Waals surface area contributed by atoms with Crippen LogP contribution in [0.15, 0.2) is 18.2 Å². The average Bonchev–Trinajstić information content (AvgIpc) is 2.36. The first-order chi connectivity index (χ1) is 9.17. The maximum absolute atomic E-state index is 5.81. The molecule has 0 saturated heterocycles. The Kier molecular flexibility index (Phi) is 7.30. The Bertz CT molecular complexity index is 366. The summed E-state index contributed by atoms with van der Waals surface area (Å²) in [6, 6.07) is 6.15. The molecule has 0 aliphatic rings. The van der Waals surface area contributed by atoms with Crippen LogP contribution >= 0.6 is 0 Å². The van der Waals surface area contributed by atoms with E-state index in [4.69, 9.17) is 19.9 Å². The molecule has 19 heavy (non-hydrogen) atoms. The lowest BCUT2D eigenvalue weighted by atomic mass is 10.1. The second kappa shape index (κ2) is 8.77. The standard InChI is InChI=1S/C15H25NO3/c1-4-18-15-11-13(10-12(2)16)6-7-14(15)19-9-5-8-17-3/h6-7,11-12H,4-5,8-10,16H2,1-3H3. The van der Waals surface area contributed by atoms with Crippen molar-refractivity contribution in [2.45, 2.75) is 32.7 Å². The molecule has 0 bridgehead atoms. The predicted octanol–water partition coefficient (Wildman–Crippen LogP) is 2.39. The first-order valence-corrected chi connectivity index (χ1v) is 6.80. The summed E-state index contributed by atoms with van der Waals surface area (Å²) in [5, 5.41) is 0. The van der Waals surface area contributed by atoms with Crippen molar-refractivity contribution in [3.8, 4) is 11.5 Å².